The van der Waals surface area contributed by atoms with Gasteiger partial charge in [-0.25, -0.2) is 8.78 Å². The summed E-state index contributed by atoms with van der Waals surface area (Å²) in [6.45, 7) is 0.356. The molecule has 2 aromatic rings. The summed E-state index contributed by atoms with van der Waals surface area (Å²) in [5, 5.41) is 2.93. The van der Waals surface area contributed by atoms with Gasteiger partial charge < -0.3 is 5.32 Å². The highest BCUT2D eigenvalue weighted by Crippen LogP contribution is 2.21. The fourth-order valence-corrected chi connectivity index (χ4v) is 2.39. The van der Waals surface area contributed by atoms with E-state index in [1.165, 1.54) is 18.2 Å². The fraction of sp³-hybridized carbons (Fsp3) is 0.0769. The highest BCUT2D eigenvalue weighted by Gasteiger charge is 2.03. The second kappa shape index (κ2) is 5.80. The molecule has 0 spiro atoms. The molecular weight excluding hydrogens is 368 g/mol. The lowest BCUT2D eigenvalue weighted by atomic mass is 10.2. The van der Waals surface area contributed by atoms with E-state index in [0.717, 1.165) is 5.56 Å². The van der Waals surface area contributed by atoms with E-state index in [1.807, 2.05) is 0 Å². The largest absolute Gasteiger partial charge is 0.379 e. The minimum absolute atomic E-state index is 0.322. The number of hydrogen-bond donors (Lipinski definition) is 1. The quantitative estimate of drug-likeness (QED) is 0.785. The summed E-state index contributed by atoms with van der Waals surface area (Å²) in [6, 6.07) is 9.33. The molecule has 0 saturated carbocycles. The van der Waals surface area contributed by atoms with Crippen molar-refractivity contribution in [1.29, 1.82) is 0 Å². The molecule has 18 heavy (non-hydrogen) atoms. The Morgan fingerprint density at radius 2 is 1.72 bits per heavy atom. The van der Waals surface area contributed by atoms with Crippen LogP contribution in [0.1, 0.15) is 5.56 Å². The Hall–Kier alpha value is -0.940. The van der Waals surface area contributed by atoms with Crippen molar-refractivity contribution in [3.8, 4) is 0 Å². The van der Waals surface area contributed by atoms with Gasteiger partial charge >= 0.3 is 0 Å². The van der Waals surface area contributed by atoms with E-state index in [4.69, 9.17) is 0 Å². The van der Waals surface area contributed by atoms with Crippen molar-refractivity contribution >= 4 is 37.5 Å². The lowest BCUT2D eigenvalue weighted by Crippen LogP contribution is -2.01. The van der Waals surface area contributed by atoms with Crippen molar-refractivity contribution in [1.82, 2.24) is 0 Å². The van der Waals surface area contributed by atoms with Crippen molar-refractivity contribution in [2.45, 2.75) is 6.54 Å². The predicted octanol–water partition coefficient (Wildman–Crippen LogP) is 5.10. The minimum Gasteiger partial charge on any atom is -0.379 e. The van der Waals surface area contributed by atoms with Gasteiger partial charge in [-0.3, -0.25) is 0 Å². The van der Waals surface area contributed by atoms with E-state index in [1.54, 1.807) is 18.2 Å². The van der Waals surface area contributed by atoms with Gasteiger partial charge in [0.05, 0.1) is 5.69 Å². The molecule has 1 N–H and O–H groups in total. The number of halogens is 4. The first kappa shape index (κ1) is 13.5. The third-order valence-electron chi connectivity index (χ3n) is 2.34. The molecule has 0 aromatic heterocycles. The van der Waals surface area contributed by atoms with Gasteiger partial charge in [0.25, 0.3) is 0 Å². The van der Waals surface area contributed by atoms with Crippen molar-refractivity contribution in [2.75, 3.05) is 5.32 Å². The predicted molar refractivity (Wildman–Crippen MR) is 75.5 cm³/mol. The Bertz CT molecular complexity index is 553. The van der Waals surface area contributed by atoms with Crippen LogP contribution in [-0.2, 0) is 6.54 Å². The molecule has 94 valence electrons. The Morgan fingerprint density at radius 1 is 0.944 bits per heavy atom. The second-order valence-corrected chi connectivity index (χ2v) is 5.59. The van der Waals surface area contributed by atoms with Gasteiger partial charge in [-0.15, -0.1) is 0 Å². The fourth-order valence-electron chi connectivity index (χ4n) is 1.54. The molecule has 0 aliphatic rings. The van der Waals surface area contributed by atoms with Crippen molar-refractivity contribution in [3.63, 3.8) is 0 Å². The molecule has 0 fully saturated rings. The van der Waals surface area contributed by atoms with Crippen molar-refractivity contribution in [2.24, 2.45) is 0 Å². The first-order valence-corrected chi connectivity index (χ1v) is 6.77. The molecule has 5 heteroatoms. The summed E-state index contributed by atoms with van der Waals surface area (Å²) in [6.07, 6.45) is 0. The van der Waals surface area contributed by atoms with Gasteiger partial charge in [0.1, 0.15) is 11.6 Å². The summed E-state index contributed by atoms with van der Waals surface area (Å²) in [7, 11) is 0. The number of hydrogen-bond acceptors (Lipinski definition) is 1. The molecule has 0 aliphatic carbocycles. The van der Waals surface area contributed by atoms with Crippen LogP contribution >= 0.6 is 31.9 Å². The molecule has 0 unspecified atom stereocenters. The zero-order valence-electron chi connectivity index (χ0n) is 9.18. The topological polar surface area (TPSA) is 12.0 Å². The second-order valence-electron chi connectivity index (χ2n) is 3.76. The average molecular weight is 377 g/mol. The molecule has 2 rings (SSSR count). The maximum absolute atomic E-state index is 13.5. The van der Waals surface area contributed by atoms with Crippen molar-refractivity contribution in [3.05, 3.63) is 62.5 Å². The van der Waals surface area contributed by atoms with Gasteiger partial charge in [0.15, 0.2) is 0 Å². The first-order valence-electron chi connectivity index (χ1n) is 5.18. The SMILES string of the molecule is Fc1cc(Br)cc(CNc2ccc(Br)cc2F)c1. The molecule has 0 amide bonds. The van der Waals surface area contributed by atoms with Crippen LogP contribution in [0.2, 0.25) is 0 Å². The van der Waals surface area contributed by atoms with Gasteiger partial charge in [0.2, 0.25) is 0 Å². The monoisotopic (exact) mass is 375 g/mol. The maximum Gasteiger partial charge on any atom is 0.147 e. The van der Waals surface area contributed by atoms with Crippen LogP contribution in [0.4, 0.5) is 14.5 Å². The van der Waals surface area contributed by atoms with Gasteiger partial charge in [-0.1, -0.05) is 31.9 Å². The summed E-state index contributed by atoms with van der Waals surface area (Å²) in [4.78, 5) is 0. The van der Waals surface area contributed by atoms with Crippen LogP contribution in [0.25, 0.3) is 0 Å². The van der Waals surface area contributed by atoms with Crippen LogP contribution in [0, 0.1) is 11.6 Å². The molecule has 2 aromatic carbocycles. The summed E-state index contributed by atoms with van der Waals surface area (Å²) < 4.78 is 28.0. The Labute approximate surface area is 120 Å². The van der Waals surface area contributed by atoms with Crippen LogP contribution in [0.5, 0.6) is 0 Å². The van der Waals surface area contributed by atoms with Gasteiger partial charge in [-0.05, 0) is 42.0 Å². The number of rotatable bonds is 3. The number of benzene rings is 2. The highest BCUT2D eigenvalue weighted by atomic mass is 79.9. The Morgan fingerprint density at radius 3 is 2.39 bits per heavy atom. The van der Waals surface area contributed by atoms with E-state index < -0.39 is 0 Å². The number of anilines is 1. The van der Waals surface area contributed by atoms with E-state index in [2.05, 4.69) is 37.2 Å². The molecule has 0 aliphatic heterocycles. The van der Waals surface area contributed by atoms with Crippen LogP contribution < -0.4 is 5.32 Å². The third-order valence-corrected chi connectivity index (χ3v) is 3.29. The maximum atomic E-state index is 13.5. The third kappa shape index (κ3) is 3.53. The molecular formula is C13H9Br2F2N. The van der Waals surface area contributed by atoms with Crippen LogP contribution in [0.3, 0.4) is 0 Å². The summed E-state index contributed by atoms with van der Waals surface area (Å²) in [5.41, 5.74) is 1.13. The molecule has 0 heterocycles. The average Bonchev–Trinajstić information content (AvgIpc) is 2.26. The van der Waals surface area contributed by atoms with E-state index in [-0.39, 0.29) is 11.6 Å². The first-order chi connectivity index (χ1) is 8.54. The van der Waals surface area contributed by atoms with Gasteiger partial charge in [0, 0.05) is 15.5 Å². The minimum atomic E-state index is -0.347. The molecule has 0 bridgehead atoms. The zero-order chi connectivity index (χ0) is 13.1. The molecule has 1 nitrogen and oxygen atoms in total. The van der Waals surface area contributed by atoms with Crippen LogP contribution in [-0.4, -0.2) is 0 Å². The van der Waals surface area contributed by atoms with E-state index >= 15 is 0 Å². The summed E-state index contributed by atoms with van der Waals surface area (Å²) >= 11 is 6.40. The summed E-state index contributed by atoms with van der Waals surface area (Å²) in [5.74, 6) is -0.669. The van der Waals surface area contributed by atoms with Gasteiger partial charge in [-0.2, -0.15) is 0 Å². The van der Waals surface area contributed by atoms with Crippen LogP contribution in [0.15, 0.2) is 45.3 Å². The Balaban J connectivity index is 2.11. The number of nitrogens with one attached hydrogen (secondary N) is 1. The molecule has 0 radical (unpaired) electrons. The smallest absolute Gasteiger partial charge is 0.147 e. The highest BCUT2D eigenvalue weighted by molar-refractivity contribution is 9.10. The standard InChI is InChI=1S/C13H9Br2F2N/c14-9-1-2-13(12(17)6-9)18-7-8-3-10(15)5-11(16)4-8/h1-6,18H,7H2. The zero-order valence-corrected chi connectivity index (χ0v) is 12.4. The van der Waals surface area contributed by atoms with E-state index in [9.17, 15) is 8.78 Å². The lowest BCUT2D eigenvalue weighted by Gasteiger charge is -2.08. The normalized spacial score (nSPS) is 10.4. The Kier molecular flexibility index (Phi) is 4.35. The van der Waals surface area contributed by atoms with E-state index in [0.29, 0.717) is 21.2 Å². The van der Waals surface area contributed by atoms with Crippen molar-refractivity contribution < 1.29 is 8.78 Å². The lowest BCUT2D eigenvalue weighted by molar-refractivity contribution is 0.624. The molecule has 0 saturated heterocycles. The molecule has 0 atom stereocenters.